The Hall–Kier alpha value is -2.66. The highest BCUT2D eigenvalue weighted by Crippen LogP contribution is 2.26. The smallest absolute Gasteiger partial charge is 0.264 e. The van der Waals surface area contributed by atoms with E-state index in [1.165, 1.54) is 22.5 Å². The summed E-state index contributed by atoms with van der Waals surface area (Å²) in [7, 11) is 0. The molecule has 0 spiro atoms. The summed E-state index contributed by atoms with van der Waals surface area (Å²) >= 11 is 1.41. The molecule has 5 heteroatoms. The lowest BCUT2D eigenvalue weighted by molar-refractivity contribution is -0.118. The number of aryl methyl sites for hydroxylation is 3. The van der Waals surface area contributed by atoms with Gasteiger partial charge in [-0.05, 0) is 50.1 Å². The predicted octanol–water partition coefficient (Wildman–Crippen LogP) is 4.75. The molecule has 3 rings (SSSR count). The van der Waals surface area contributed by atoms with E-state index in [9.17, 15) is 4.79 Å². The maximum absolute atomic E-state index is 12.0. The van der Waals surface area contributed by atoms with Gasteiger partial charge < -0.3 is 4.74 Å². The molecule has 0 aliphatic rings. The number of ether oxygens (including phenoxy) is 1. The highest BCUT2D eigenvalue weighted by molar-refractivity contribution is 7.14. The van der Waals surface area contributed by atoms with Crippen LogP contribution in [0.1, 0.15) is 16.7 Å². The van der Waals surface area contributed by atoms with E-state index in [4.69, 9.17) is 4.74 Å². The van der Waals surface area contributed by atoms with Crippen molar-refractivity contribution in [2.24, 2.45) is 0 Å². The van der Waals surface area contributed by atoms with Crippen LogP contribution in [0, 0.1) is 20.8 Å². The van der Waals surface area contributed by atoms with Crippen LogP contribution >= 0.6 is 11.3 Å². The molecule has 1 N–H and O–H groups in total. The Kier molecular flexibility index (Phi) is 5.14. The van der Waals surface area contributed by atoms with Gasteiger partial charge in [0.1, 0.15) is 5.75 Å². The highest BCUT2D eigenvalue weighted by atomic mass is 32.1. The van der Waals surface area contributed by atoms with Gasteiger partial charge in [0, 0.05) is 10.9 Å². The number of carbonyl (C=O) groups is 1. The van der Waals surface area contributed by atoms with Crippen LogP contribution < -0.4 is 10.1 Å². The number of carbonyl (C=O) groups excluding carboxylic acids is 1. The number of nitrogens with one attached hydrogen (secondary N) is 1. The molecule has 0 bridgehead atoms. The number of benzene rings is 2. The van der Waals surface area contributed by atoms with Gasteiger partial charge in [-0.15, -0.1) is 11.3 Å². The van der Waals surface area contributed by atoms with Crippen molar-refractivity contribution in [3.63, 3.8) is 0 Å². The van der Waals surface area contributed by atoms with Gasteiger partial charge in [0.25, 0.3) is 5.91 Å². The van der Waals surface area contributed by atoms with E-state index < -0.39 is 0 Å². The summed E-state index contributed by atoms with van der Waals surface area (Å²) < 4.78 is 5.48. The predicted molar refractivity (Wildman–Crippen MR) is 102 cm³/mol. The lowest BCUT2D eigenvalue weighted by Crippen LogP contribution is -2.20. The average Bonchev–Trinajstić information content (AvgIpc) is 3.05. The number of nitrogens with zero attached hydrogens (tertiary/aromatic N) is 1. The summed E-state index contributed by atoms with van der Waals surface area (Å²) in [5.41, 5.74) is 5.54. The molecule has 1 aromatic heterocycles. The minimum atomic E-state index is -0.221. The van der Waals surface area contributed by atoms with E-state index in [-0.39, 0.29) is 12.5 Å². The zero-order valence-electron chi connectivity index (χ0n) is 14.5. The van der Waals surface area contributed by atoms with Crippen molar-refractivity contribution in [1.82, 2.24) is 4.98 Å². The molecule has 0 saturated heterocycles. The van der Waals surface area contributed by atoms with Crippen molar-refractivity contribution in [3.8, 4) is 17.0 Å². The van der Waals surface area contributed by atoms with E-state index >= 15 is 0 Å². The number of anilines is 1. The molecular weight excluding hydrogens is 332 g/mol. The van der Waals surface area contributed by atoms with Crippen molar-refractivity contribution in [2.75, 3.05) is 11.9 Å². The third-order valence-corrected chi connectivity index (χ3v) is 4.70. The van der Waals surface area contributed by atoms with Crippen molar-refractivity contribution in [2.45, 2.75) is 20.8 Å². The number of rotatable bonds is 5. The van der Waals surface area contributed by atoms with Gasteiger partial charge in [-0.25, -0.2) is 4.98 Å². The van der Waals surface area contributed by atoms with Crippen LogP contribution in [-0.4, -0.2) is 17.5 Å². The molecule has 0 radical (unpaired) electrons. The normalized spacial score (nSPS) is 10.5. The largest absolute Gasteiger partial charge is 0.484 e. The molecule has 0 fully saturated rings. The monoisotopic (exact) mass is 352 g/mol. The first-order valence-electron chi connectivity index (χ1n) is 8.04. The molecular formula is C20H20N2O2S. The Morgan fingerprint density at radius 2 is 1.84 bits per heavy atom. The molecule has 128 valence electrons. The Morgan fingerprint density at radius 3 is 2.56 bits per heavy atom. The Balaban J connectivity index is 1.59. The number of thiazole rings is 1. The Bertz CT molecular complexity index is 885. The topological polar surface area (TPSA) is 51.2 Å². The molecule has 0 unspecified atom stereocenters. The summed E-state index contributed by atoms with van der Waals surface area (Å²) in [6.07, 6.45) is 0. The van der Waals surface area contributed by atoms with Gasteiger partial charge in [-0.3, -0.25) is 10.1 Å². The second-order valence-corrected chi connectivity index (χ2v) is 6.84. The van der Waals surface area contributed by atoms with Crippen LogP contribution in [0.3, 0.4) is 0 Å². The van der Waals surface area contributed by atoms with E-state index in [1.54, 1.807) is 0 Å². The molecule has 2 aromatic carbocycles. The summed E-state index contributed by atoms with van der Waals surface area (Å²) in [5, 5.41) is 5.30. The number of amides is 1. The minimum absolute atomic E-state index is 0.0401. The fourth-order valence-electron chi connectivity index (χ4n) is 2.30. The highest BCUT2D eigenvalue weighted by Gasteiger charge is 2.09. The molecule has 0 aliphatic carbocycles. The number of hydrogen-bond donors (Lipinski definition) is 1. The lowest BCUT2D eigenvalue weighted by Gasteiger charge is -2.06. The van der Waals surface area contributed by atoms with Crippen LogP contribution in [0.5, 0.6) is 5.75 Å². The van der Waals surface area contributed by atoms with Crippen molar-refractivity contribution in [3.05, 3.63) is 64.5 Å². The van der Waals surface area contributed by atoms with Crippen molar-refractivity contribution >= 4 is 22.4 Å². The Morgan fingerprint density at radius 1 is 1.08 bits per heavy atom. The zero-order chi connectivity index (χ0) is 17.8. The quantitative estimate of drug-likeness (QED) is 0.721. The van der Waals surface area contributed by atoms with E-state index in [0.717, 1.165) is 16.8 Å². The molecule has 0 atom stereocenters. The number of aromatic nitrogens is 1. The Labute approximate surface area is 151 Å². The van der Waals surface area contributed by atoms with Gasteiger partial charge in [0.05, 0.1) is 5.69 Å². The molecule has 4 nitrogen and oxygen atoms in total. The molecule has 25 heavy (non-hydrogen) atoms. The maximum Gasteiger partial charge on any atom is 0.264 e. The maximum atomic E-state index is 12.0. The zero-order valence-corrected chi connectivity index (χ0v) is 15.3. The molecule has 0 aliphatic heterocycles. The van der Waals surface area contributed by atoms with Crippen molar-refractivity contribution < 1.29 is 9.53 Å². The van der Waals surface area contributed by atoms with Crippen LogP contribution in [0.2, 0.25) is 0 Å². The van der Waals surface area contributed by atoms with Gasteiger partial charge in [0.2, 0.25) is 0 Å². The summed E-state index contributed by atoms with van der Waals surface area (Å²) in [5.74, 6) is 0.456. The van der Waals surface area contributed by atoms with E-state index in [2.05, 4.69) is 36.3 Å². The molecule has 3 aromatic rings. The van der Waals surface area contributed by atoms with Crippen LogP contribution in [0.4, 0.5) is 5.13 Å². The van der Waals surface area contributed by atoms with Gasteiger partial charge >= 0.3 is 0 Å². The van der Waals surface area contributed by atoms with Gasteiger partial charge in [-0.2, -0.15) is 0 Å². The number of hydrogen-bond acceptors (Lipinski definition) is 4. The summed E-state index contributed by atoms with van der Waals surface area (Å²) in [6.45, 7) is 6.13. The van der Waals surface area contributed by atoms with Gasteiger partial charge in [-0.1, -0.05) is 29.8 Å². The lowest BCUT2D eigenvalue weighted by atomic mass is 10.1. The van der Waals surface area contributed by atoms with Crippen LogP contribution in [0.25, 0.3) is 11.3 Å². The average molecular weight is 352 g/mol. The van der Waals surface area contributed by atoms with E-state index in [1.807, 2.05) is 42.6 Å². The first kappa shape index (κ1) is 17.2. The molecule has 1 heterocycles. The van der Waals surface area contributed by atoms with E-state index in [0.29, 0.717) is 10.9 Å². The summed E-state index contributed by atoms with van der Waals surface area (Å²) in [6, 6.07) is 13.8. The van der Waals surface area contributed by atoms with Crippen molar-refractivity contribution in [1.29, 1.82) is 0 Å². The first-order valence-corrected chi connectivity index (χ1v) is 8.92. The fourth-order valence-corrected chi connectivity index (χ4v) is 3.04. The second-order valence-electron chi connectivity index (χ2n) is 5.99. The van der Waals surface area contributed by atoms with Crippen LogP contribution in [-0.2, 0) is 4.79 Å². The van der Waals surface area contributed by atoms with Gasteiger partial charge in [0.15, 0.2) is 11.7 Å². The standard InChI is InChI=1S/C20H20N2O2S/c1-13-4-8-17(9-5-13)24-11-19(23)22-20-21-18(12-25-20)16-7-6-14(2)15(3)10-16/h4-10,12H,11H2,1-3H3,(H,21,22,23). The SMILES string of the molecule is Cc1ccc(OCC(=O)Nc2nc(-c3ccc(C)c(C)c3)cs2)cc1. The van der Waals surface area contributed by atoms with Crippen LogP contribution in [0.15, 0.2) is 47.8 Å². The molecule has 1 amide bonds. The molecule has 0 saturated carbocycles. The third kappa shape index (κ3) is 4.45. The second kappa shape index (κ2) is 7.49. The fraction of sp³-hybridized carbons (Fsp3) is 0.200. The summed E-state index contributed by atoms with van der Waals surface area (Å²) in [4.78, 5) is 16.5. The minimum Gasteiger partial charge on any atom is -0.484 e. The first-order chi connectivity index (χ1) is 12.0. The third-order valence-electron chi connectivity index (χ3n) is 3.94.